The van der Waals surface area contributed by atoms with Gasteiger partial charge in [-0.05, 0) is 24.3 Å². The van der Waals surface area contributed by atoms with Crippen molar-refractivity contribution in [1.82, 2.24) is 15.4 Å². The summed E-state index contributed by atoms with van der Waals surface area (Å²) in [5.41, 5.74) is 3.88. The van der Waals surface area contributed by atoms with Crippen LogP contribution in [0.4, 0.5) is 5.69 Å². The number of halogens is 1. The number of thiophene rings is 1. The van der Waals surface area contributed by atoms with Crippen LogP contribution in [0.15, 0.2) is 45.9 Å². The van der Waals surface area contributed by atoms with Gasteiger partial charge in [0.15, 0.2) is 5.76 Å². The maximum Gasteiger partial charge on any atom is 0.261 e. The third-order valence-corrected chi connectivity index (χ3v) is 6.95. The molecule has 1 fully saturated rings. The summed E-state index contributed by atoms with van der Waals surface area (Å²) in [7, 11) is 2.07. The first-order valence-corrected chi connectivity index (χ1v) is 12.0. The number of morpholine rings is 1. The van der Waals surface area contributed by atoms with Crippen molar-refractivity contribution in [2.45, 2.75) is 6.54 Å². The van der Waals surface area contributed by atoms with E-state index in [0.717, 1.165) is 54.5 Å². The molecular formula is C23H24ClN5O3S. The Morgan fingerprint density at radius 1 is 1.18 bits per heavy atom. The zero-order valence-corrected chi connectivity index (χ0v) is 19.8. The van der Waals surface area contributed by atoms with E-state index in [2.05, 4.69) is 50.5 Å². The number of hydrogen-bond acceptors (Lipinski definition) is 8. The molecule has 3 aromatic rings. The molecule has 0 spiro atoms. The van der Waals surface area contributed by atoms with Crippen molar-refractivity contribution in [3.05, 3.63) is 56.9 Å². The van der Waals surface area contributed by atoms with E-state index < -0.39 is 0 Å². The molecule has 0 aliphatic carbocycles. The number of carbonyl (C=O) groups excluding carboxylic acids is 1. The lowest BCUT2D eigenvalue weighted by Gasteiger charge is -2.31. The maximum atomic E-state index is 12.3. The van der Waals surface area contributed by atoms with Crippen LogP contribution in [0.2, 0.25) is 4.34 Å². The second kappa shape index (κ2) is 9.54. The SMILES string of the molecule is CN1CCN=C1c1ccc(-c2cc(CNC(=O)c3ccc(Cl)s3)on2)c(N2CCOCC2)c1. The highest BCUT2D eigenvalue weighted by Gasteiger charge is 2.22. The number of carbonyl (C=O) groups is 1. The fourth-order valence-corrected chi connectivity index (χ4v) is 4.97. The minimum absolute atomic E-state index is 0.190. The van der Waals surface area contributed by atoms with Gasteiger partial charge in [-0.3, -0.25) is 9.79 Å². The van der Waals surface area contributed by atoms with Gasteiger partial charge >= 0.3 is 0 Å². The highest BCUT2D eigenvalue weighted by Crippen LogP contribution is 2.33. The van der Waals surface area contributed by atoms with Crippen molar-refractivity contribution in [2.24, 2.45) is 4.99 Å². The number of likely N-dealkylation sites (N-methyl/N-ethyl adjacent to an activating group) is 1. The standard InChI is InChI=1S/C23H24ClN5O3S/c1-28-7-6-25-22(28)15-2-3-17(19(12-15)29-8-10-31-11-9-29)18-13-16(32-27-18)14-26-23(30)20-4-5-21(24)33-20/h2-5,12-13H,6-11,14H2,1H3,(H,26,30). The molecule has 1 amide bonds. The maximum absolute atomic E-state index is 12.3. The van der Waals surface area contributed by atoms with Gasteiger partial charge in [-0.1, -0.05) is 22.8 Å². The van der Waals surface area contributed by atoms with E-state index in [0.29, 0.717) is 28.2 Å². The lowest BCUT2D eigenvalue weighted by molar-refractivity contribution is 0.0951. The Bertz CT molecular complexity index is 1180. The summed E-state index contributed by atoms with van der Waals surface area (Å²) in [6.07, 6.45) is 0. The van der Waals surface area contributed by atoms with Gasteiger partial charge in [0.2, 0.25) is 0 Å². The average Bonchev–Trinajstić information content (AvgIpc) is 3.59. The zero-order chi connectivity index (χ0) is 22.8. The average molecular weight is 486 g/mol. The summed E-state index contributed by atoms with van der Waals surface area (Å²) >= 11 is 7.16. The number of aliphatic imine (C=N–C) groups is 1. The Hall–Kier alpha value is -2.88. The Morgan fingerprint density at radius 2 is 2.03 bits per heavy atom. The van der Waals surface area contributed by atoms with Crippen LogP contribution in [-0.2, 0) is 11.3 Å². The number of ether oxygens (including phenoxy) is 1. The molecule has 2 aliphatic rings. The van der Waals surface area contributed by atoms with Crippen LogP contribution in [0.1, 0.15) is 21.0 Å². The first kappa shape index (κ1) is 21.9. The minimum Gasteiger partial charge on any atom is -0.378 e. The van der Waals surface area contributed by atoms with E-state index in [4.69, 9.17) is 20.9 Å². The molecule has 0 bridgehead atoms. The van der Waals surface area contributed by atoms with Gasteiger partial charge < -0.3 is 24.4 Å². The van der Waals surface area contributed by atoms with Crippen LogP contribution < -0.4 is 10.2 Å². The number of anilines is 1. The fourth-order valence-electron chi connectivity index (χ4n) is 4.01. The second-order valence-electron chi connectivity index (χ2n) is 7.92. The van der Waals surface area contributed by atoms with E-state index in [1.807, 2.05) is 6.07 Å². The number of nitrogens with one attached hydrogen (secondary N) is 1. The van der Waals surface area contributed by atoms with E-state index >= 15 is 0 Å². The zero-order valence-electron chi connectivity index (χ0n) is 18.2. The molecule has 0 saturated carbocycles. The third-order valence-electron chi connectivity index (χ3n) is 5.72. The Balaban J connectivity index is 1.39. The normalized spacial score (nSPS) is 16.2. The van der Waals surface area contributed by atoms with Gasteiger partial charge in [0.1, 0.15) is 11.5 Å². The number of hydrogen-bond donors (Lipinski definition) is 1. The van der Waals surface area contributed by atoms with Crippen LogP contribution in [0.3, 0.4) is 0 Å². The van der Waals surface area contributed by atoms with Gasteiger partial charge in [-0.25, -0.2) is 0 Å². The molecule has 0 radical (unpaired) electrons. The Morgan fingerprint density at radius 3 is 2.76 bits per heavy atom. The van der Waals surface area contributed by atoms with Gasteiger partial charge in [0.05, 0.1) is 35.5 Å². The van der Waals surface area contributed by atoms with Gasteiger partial charge in [-0.15, -0.1) is 11.3 Å². The van der Waals surface area contributed by atoms with Crippen molar-refractivity contribution in [3.63, 3.8) is 0 Å². The number of aromatic nitrogens is 1. The Kier molecular flexibility index (Phi) is 6.34. The molecule has 10 heteroatoms. The summed E-state index contributed by atoms with van der Waals surface area (Å²) in [6.45, 7) is 4.98. The van der Waals surface area contributed by atoms with Crippen molar-refractivity contribution in [1.29, 1.82) is 0 Å². The first-order chi connectivity index (χ1) is 16.1. The topological polar surface area (TPSA) is 83.2 Å². The van der Waals surface area contributed by atoms with Crippen LogP contribution in [0, 0.1) is 0 Å². The van der Waals surface area contributed by atoms with Crippen molar-refractivity contribution >= 4 is 40.4 Å². The molecule has 1 N–H and O–H groups in total. The Labute approximate surface area is 200 Å². The second-order valence-corrected chi connectivity index (χ2v) is 9.64. The lowest BCUT2D eigenvalue weighted by Crippen LogP contribution is -2.36. The molecule has 33 heavy (non-hydrogen) atoms. The van der Waals surface area contributed by atoms with Gasteiger partial charge in [-0.2, -0.15) is 0 Å². The molecule has 0 unspecified atom stereocenters. The lowest BCUT2D eigenvalue weighted by atomic mass is 10.0. The van der Waals surface area contributed by atoms with E-state index in [1.165, 1.54) is 11.3 Å². The van der Waals surface area contributed by atoms with Crippen molar-refractivity contribution in [2.75, 3.05) is 51.3 Å². The minimum atomic E-state index is -0.190. The smallest absolute Gasteiger partial charge is 0.261 e. The highest BCUT2D eigenvalue weighted by molar-refractivity contribution is 7.17. The summed E-state index contributed by atoms with van der Waals surface area (Å²) < 4.78 is 11.7. The van der Waals surface area contributed by atoms with E-state index in [1.54, 1.807) is 12.1 Å². The van der Waals surface area contributed by atoms with Crippen LogP contribution >= 0.6 is 22.9 Å². The molecule has 2 aromatic heterocycles. The molecule has 1 saturated heterocycles. The number of nitrogens with zero attached hydrogens (tertiary/aromatic N) is 4. The number of amidine groups is 1. The van der Waals surface area contributed by atoms with E-state index in [9.17, 15) is 4.79 Å². The molecular weight excluding hydrogens is 462 g/mol. The number of amides is 1. The van der Waals surface area contributed by atoms with Gasteiger partial charge in [0, 0.05) is 49.6 Å². The molecule has 172 valence electrons. The summed E-state index contributed by atoms with van der Waals surface area (Å²) in [5, 5.41) is 7.15. The largest absolute Gasteiger partial charge is 0.378 e. The monoisotopic (exact) mass is 485 g/mol. The van der Waals surface area contributed by atoms with Crippen molar-refractivity contribution in [3.8, 4) is 11.3 Å². The third kappa shape index (κ3) is 4.75. The van der Waals surface area contributed by atoms with Crippen molar-refractivity contribution < 1.29 is 14.1 Å². The predicted octanol–water partition coefficient (Wildman–Crippen LogP) is 3.52. The van der Waals surface area contributed by atoms with E-state index in [-0.39, 0.29) is 12.5 Å². The van der Waals surface area contributed by atoms with Crippen LogP contribution in [0.25, 0.3) is 11.3 Å². The fraction of sp³-hybridized carbons (Fsp3) is 0.348. The number of rotatable bonds is 6. The molecule has 1 aromatic carbocycles. The molecule has 4 heterocycles. The summed E-state index contributed by atoms with van der Waals surface area (Å²) in [4.78, 5) is 22.0. The van der Waals surface area contributed by atoms with Crippen LogP contribution in [-0.4, -0.2) is 68.2 Å². The van der Waals surface area contributed by atoms with Crippen LogP contribution in [0.5, 0.6) is 0 Å². The quantitative estimate of drug-likeness (QED) is 0.575. The molecule has 2 aliphatic heterocycles. The molecule has 0 atom stereocenters. The summed E-state index contributed by atoms with van der Waals surface area (Å²) in [6, 6.07) is 11.6. The first-order valence-electron chi connectivity index (χ1n) is 10.8. The molecule has 5 rings (SSSR count). The summed E-state index contributed by atoms with van der Waals surface area (Å²) in [5.74, 6) is 1.40. The molecule has 8 nitrogen and oxygen atoms in total. The van der Waals surface area contributed by atoms with Gasteiger partial charge in [0.25, 0.3) is 5.91 Å². The highest BCUT2D eigenvalue weighted by atomic mass is 35.5. The number of benzene rings is 1. The predicted molar refractivity (Wildman–Crippen MR) is 130 cm³/mol.